The van der Waals surface area contributed by atoms with E-state index in [0.717, 1.165) is 25.1 Å². The van der Waals surface area contributed by atoms with Crippen LogP contribution in [0, 0.1) is 0 Å². The molecule has 0 aromatic heterocycles. The van der Waals surface area contributed by atoms with Crippen LogP contribution >= 0.6 is 12.4 Å². The molecule has 1 fully saturated rings. The van der Waals surface area contributed by atoms with E-state index in [1.165, 1.54) is 24.0 Å². The first kappa shape index (κ1) is 15.5. The van der Waals surface area contributed by atoms with Gasteiger partial charge in [-0.1, -0.05) is 19.4 Å². The minimum atomic E-state index is 0. The summed E-state index contributed by atoms with van der Waals surface area (Å²) in [6, 6.07) is 4.34. The fraction of sp³-hybridized carbons (Fsp3) is 0.625. The van der Waals surface area contributed by atoms with Gasteiger partial charge in [0.2, 0.25) is 0 Å². The fourth-order valence-electron chi connectivity index (χ4n) is 3.65. The number of halogens is 1. The van der Waals surface area contributed by atoms with Crippen LogP contribution in [0.4, 0.5) is 0 Å². The van der Waals surface area contributed by atoms with E-state index < -0.39 is 0 Å². The molecule has 0 amide bonds. The molecule has 20 heavy (non-hydrogen) atoms. The van der Waals surface area contributed by atoms with Crippen molar-refractivity contribution in [1.29, 1.82) is 0 Å². The lowest BCUT2D eigenvalue weighted by molar-refractivity contribution is 0.0843. The summed E-state index contributed by atoms with van der Waals surface area (Å²) < 4.78 is 5.89. The number of hydrogen-bond acceptors (Lipinski definition) is 3. The Bertz CT molecular complexity index is 478. The molecule has 1 N–H and O–H groups in total. The second-order valence-electron chi connectivity index (χ2n) is 5.84. The lowest BCUT2D eigenvalue weighted by Gasteiger charge is -2.43. The van der Waals surface area contributed by atoms with Gasteiger partial charge in [0.05, 0.1) is 6.04 Å². The number of fused-ring (bicyclic) bond motifs is 3. The number of likely N-dealkylation sites (N-methyl/N-ethyl adjacent to an activating group) is 1. The number of piperidine rings is 1. The molecule has 0 spiro atoms. The van der Waals surface area contributed by atoms with Crippen molar-refractivity contribution in [3.63, 3.8) is 0 Å². The van der Waals surface area contributed by atoms with Crippen molar-refractivity contribution in [2.75, 3.05) is 20.2 Å². The molecule has 3 rings (SSSR count). The molecule has 2 aliphatic rings. The molecular weight excluding hydrogens is 274 g/mol. The first-order valence-corrected chi connectivity index (χ1v) is 7.40. The number of phenolic OH excluding ortho intramolecular Hbond substituents is 1. The van der Waals surface area contributed by atoms with E-state index in [4.69, 9.17) is 4.74 Å². The summed E-state index contributed by atoms with van der Waals surface area (Å²) in [5, 5.41) is 10.1. The number of hydrogen-bond donors (Lipinski definition) is 1. The number of rotatable bonds is 2. The number of likely N-dealkylation sites (tertiary alicyclic amines) is 1. The second kappa shape index (κ2) is 6.23. The summed E-state index contributed by atoms with van der Waals surface area (Å²) >= 11 is 0. The van der Waals surface area contributed by atoms with Crippen LogP contribution in [-0.4, -0.2) is 36.2 Å². The van der Waals surface area contributed by atoms with Crippen molar-refractivity contribution in [2.45, 2.75) is 44.6 Å². The average Bonchev–Trinajstić information content (AvgIpc) is 2.42. The summed E-state index contributed by atoms with van der Waals surface area (Å²) in [6.07, 6.45) is 4.65. The Morgan fingerprint density at radius 1 is 1.40 bits per heavy atom. The van der Waals surface area contributed by atoms with Gasteiger partial charge in [0.25, 0.3) is 0 Å². The third-order valence-electron chi connectivity index (χ3n) is 4.61. The normalized spacial score (nSPS) is 25.1. The third-order valence-corrected chi connectivity index (χ3v) is 4.61. The van der Waals surface area contributed by atoms with E-state index >= 15 is 0 Å². The van der Waals surface area contributed by atoms with Crippen LogP contribution in [0.2, 0.25) is 0 Å². The molecule has 3 nitrogen and oxygen atoms in total. The largest absolute Gasteiger partial charge is 0.504 e. The molecule has 2 heterocycles. The van der Waals surface area contributed by atoms with Gasteiger partial charge in [0, 0.05) is 11.5 Å². The van der Waals surface area contributed by atoms with Crippen LogP contribution in [-0.2, 0) is 6.42 Å². The molecule has 1 aromatic carbocycles. The van der Waals surface area contributed by atoms with Crippen molar-refractivity contribution >= 4 is 12.4 Å². The Hall–Kier alpha value is -0.930. The number of aromatic hydroxyl groups is 1. The van der Waals surface area contributed by atoms with E-state index in [2.05, 4.69) is 24.9 Å². The Labute approximate surface area is 127 Å². The predicted molar refractivity (Wildman–Crippen MR) is 83.2 cm³/mol. The number of benzene rings is 1. The van der Waals surface area contributed by atoms with Gasteiger partial charge >= 0.3 is 0 Å². The first-order valence-electron chi connectivity index (χ1n) is 7.40. The average molecular weight is 298 g/mol. The minimum Gasteiger partial charge on any atom is -0.504 e. The van der Waals surface area contributed by atoms with Crippen LogP contribution in [0.25, 0.3) is 0 Å². The molecule has 0 aliphatic carbocycles. The van der Waals surface area contributed by atoms with Gasteiger partial charge in [-0.3, -0.25) is 4.90 Å². The van der Waals surface area contributed by atoms with Crippen molar-refractivity contribution in [2.24, 2.45) is 0 Å². The van der Waals surface area contributed by atoms with Gasteiger partial charge < -0.3 is 9.84 Å². The van der Waals surface area contributed by atoms with Crippen LogP contribution in [0.15, 0.2) is 12.1 Å². The fourth-order valence-corrected chi connectivity index (χ4v) is 3.65. The molecular formula is C16H24ClNO2. The highest BCUT2D eigenvalue weighted by Crippen LogP contribution is 2.46. The highest BCUT2D eigenvalue weighted by Gasteiger charge is 2.38. The van der Waals surface area contributed by atoms with Crippen LogP contribution < -0.4 is 4.74 Å². The molecule has 0 saturated carbocycles. The number of nitrogens with zero attached hydrogens (tertiary/aromatic N) is 1. The van der Waals surface area contributed by atoms with E-state index in [1.807, 2.05) is 0 Å². The van der Waals surface area contributed by atoms with E-state index in [1.54, 1.807) is 6.07 Å². The van der Waals surface area contributed by atoms with Gasteiger partial charge in [0.1, 0.15) is 6.61 Å². The smallest absolute Gasteiger partial charge is 0.164 e. The van der Waals surface area contributed by atoms with Gasteiger partial charge in [-0.15, -0.1) is 12.4 Å². The highest BCUT2D eigenvalue weighted by atomic mass is 35.5. The van der Waals surface area contributed by atoms with E-state index in [9.17, 15) is 5.11 Å². The van der Waals surface area contributed by atoms with Crippen LogP contribution in [0.1, 0.15) is 43.2 Å². The quantitative estimate of drug-likeness (QED) is 0.909. The Morgan fingerprint density at radius 3 is 2.95 bits per heavy atom. The Morgan fingerprint density at radius 2 is 2.20 bits per heavy atom. The topological polar surface area (TPSA) is 32.7 Å². The highest BCUT2D eigenvalue weighted by molar-refractivity contribution is 5.85. The molecule has 1 saturated heterocycles. The van der Waals surface area contributed by atoms with E-state index in [0.29, 0.717) is 24.3 Å². The van der Waals surface area contributed by atoms with Crippen molar-refractivity contribution in [3.8, 4) is 11.5 Å². The van der Waals surface area contributed by atoms with Gasteiger partial charge in [-0.2, -0.15) is 0 Å². The van der Waals surface area contributed by atoms with Gasteiger partial charge in [-0.05, 0) is 44.5 Å². The van der Waals surface area contributed by atoms with Crippen molar-refractivity contribution in [1.82, 2.24) is 4.90 Å². The second-order valence-corrected chi connectivity index (χ2v) is 5.84. The molecule has 4 heteroatoms. The maximum absolute atomic E-state index is 10.1. The maximum Gasteiger partial charge on any atom is 0.164 e. The van der Waals surface area contributed by atoms with Crippen LogP contribution in [0.5, 0.6) is 11.5 Å². The monoisotopic (exact) mass is 297 g/mol. The Balaban J connectivity index is 0.00000147. The van der Waals surface area contributed by atoms with Gasteiger partial charge in [-0.25, -0.2) is 0 Å². The lowest BCUT2D eigenvalue weighted by atomic mass is 9.79. The molecule has 112 valence electrons. The Kier molecular flexibility index (Phi) is 4.82. The zero-order chi connectivity index (χ0) is 13.4. The molecule has 0 unspecified atom stereocenters. The summed E-state index contributed by atoms with van der Waals surface area (Å²) in [5.41, 5.74) is 2.64. The zero-order valence-corrected chi connectivity index (χ0v) is 13.1. The lowest BCUT2D eigenvalue weighted by Crippen LogP contribution is -2.47. The molecule has 0 radical (unpaired) electrons. The number of ether oxygens (including phenoxy) is 1. The minimum absolute atomic E-state index is 0. The van der Waals surface area contributed by atoms with Gasteiger partial charge in [0.15, 0.2) is 11.5 Å². The first-order chi connectivity index (χ1) is 9.22. The van der Waals surface area contributed by atoms with E-state index in [-0.39, 0.29) is 12.4 Å². The molecule has 2 aliphatic heterocycles. The summed E-state index contributed by atoms with van der Waals surface area (Å²) in [6.45, 7) is 4.06. The predicted octanol–water partition coefficient (Wildman–Crippen LogP) is 3.34. The maximum atomic E-state index is 10.1. The molecule has 2 atom stereocenters. The number of phenols is 1. The molecule has 1 aromatic rings. The summed E-state index contributed by atoms with van der Waals surface area (Å²) in [7, 11) is 2.19. The zero-order valence-electron chi connectivity index (χ0n) is 12.3. The van der Waals surface area contributed by atoms with Crippen LogP contribution in [0.3, 0.4) is 0 Å². The third kappa shape index (κ3) is 2.49. The van der Waals surface area contributed by atoms with Crippen molar-refractivity contribution in [3.05, 3.63) is 23.3 Å². The summed E-state index contributed by atoms with van der Waals surface area (Å²) in [5.74, 6) is 1.58. The standard InChI is InChI=1S/C16H23NO2.ClH/c1-3-5-11-7-8-14(18)16-15(11)12-6-4-9-17(2)13(12)10-19-16;/h7-8,12-13,18H,3-6,9-10H2,1-2H3;1H/t12-,13+;/m1./s1. The SMILES string of the molecule is CCCc1ccc(O)c2c1[C@@H]1CCCN(C)[C@H]1CO2.Cl. The summed E-state index contributed by atoms with van der Waals surface area (Å²) in [4.78, 5) is 2.41. The molecule has 0 bridgehead atoms. The number of aryl methyl sites for hydroxylation is 1. The van der Waals surface area contributed by atoms with Crippen molar-refractivity contribution < 1.29 is 9.84 Å².